The van der Waals surface area contributed by atoms with E-state index in [0.29, 0.717) is 30.4 Å². The molecule has 108 valence electrons. The minimum Gasteiger partial charge on any atom is -0.490 e. The van der Waals surface area contributed by atoms with Crippen LogP contribution in [0.2, 0.25) is 0 Å². The van der Waals surface area contributed by atoms with Gasteiger partial charge in [0.1, 0.15) is 18.4 Å². The maximum Gasteiger partial charge on any atom is 0.161 e. The van der Waals surface area contributed by atoms with E-state index in [1.807, 2.05) is 13.0 Å². The first-order valence-corrected chi connectivity index (χ1v) is 6.61. The van der Waals surface area contributed by atoms with Gasteiger partial charge in [0.15, 0.2) is 11.5 Å². The highest BCUT2D eigenvalue weighted by molar-refractivity contribution is 5.43. The fraction of sp³-hybridized carbons (Fsp3) is 0.250. The zero-order valence-electron chi connectivity index (χ0n) is 11.7. The monoisotopic (exact) mass is 284 g/mol. The van der Waals surface area contributed by atoms with Crippen LogP contribution in [0, 0.1) is 11.3 Å². The predicted molar refractivity (Wildman–Crippen MR) is 76.8 cm³/mol. The Morgan fingerprint density at radius 2 is 2.00 bits per heavy atom. The van der Waals surface area contributed by atoms with Crippen LogP contribution in [-0.2, 0) is 13.2 Å². The fourth-order valence-corrected chi connectivity index (χ4v) is 1.82. The number of hydrogen-bond acceptors (Lipinski definition) is 5. The van der Waals surface area contributed by atoms with E-state index in [4.69, 9.17) is 19.8 Å². The lowest BCUT2D eigenvalue weighted by atomic mass is 10.2. The molecule has 21 heavy (non-hydrogen) atoms. The van der Waals surface area contributed by atoms with Crippen molar-refractivity contribution in [1.29, 1.82) is 5.26 Å². The van der Waals surface area contributed by atoms with Gasteiger partial charge in [0.05, 0.1) is 13.2 Å². The number of aliphatic hydroxyl groups excluding tert-OH is 1. The van der Waals surface area contributed by atoms with E-state index in [1.54, 1.807) is 36.5 Å². The zero-order chi connectivity index (χ0) is 15.1. The van der Waals surface area contributed by atoms with E-state index in [1.165, 1.54) is 0 Å². The maximum atomic E-state index is 9.15. The average Bonchev–Trinajstić information content (AvgIpc) is 2.54. The number of hydrogen-bond donors (Lipinski definition) is 1. The Morgan fingerprint density at radius 3 is 2.71 bits per heavy atom. The minimum absolute atomic E-state index is 0.0454. The van der Waals surface area contributed by atoms with Crippen molar-refractivity contribution in [2.45, 2.75) is 20.1 Å². The lowest BCUT2D eigenvalue weighted by Gasteiger charge is -2.13. The number of nitrogens with zero attached hydrogens (tertiary/aromatic N) is 2. The molecule has 0 bridgehead atoms. The molecule has 0 saturated heterocycles. The van der Waals surface area contributed by atoms with Crippen LogP contribution in [0.5, 0.6) is 11.5 Å². The number of benzene rings is 1. The number of nitriles is 1. The first-order chi connectivity index (χ1) is 10.3. The van der Waals surface area contributed by atoms with Crippen molar-refractivity contribution >= 4 is 0 Å². The molecule has 1 heterocycles. The Balaban J connectivity index is 2.13. The van der Waals surface area contributed by atoms with Crippen LogP contribution >= 0.6 is 0 Å². The van der Waals surface area contributed by atoms with Crippen molar-refractivity contribution in [2.24, 2.45) is 0 Å². The van der Waals surface area contributed by atoms with Gasteiger partial charge >= 0.3 is 0 Å². The van der Waals surface area contributed by atoms with Crippen molar-refractivity contribution in [3.63, 3.8) is 0 Å². The Bertz CT molecular complexity index is 650. The largest absolute Gasteiger partial charge is 0.490 e. The molecule has 0 aliphatic heterocycles. The average molecular weight is 284 g/mol. The summed E-state index contributed by atoms with van der Waals surface area (Å²) >= 11 is 0. The number of aliphatic hydroxyl groups is 1. The topological polar surface area (TPSA) is 75.4 Å². The van der Waals surface area contributed by atoms with Gasteiger partial charge in [0.25, 0.3) is 0 Å². The summed E-state index contributed by atoms with van der Waals surface area (Å²) in [6, 6.07) is 10.8. The summed E-state index contributed by atoms with van der Waals surface area (Å²) in [4.78, 5) is 3.91. The normalized spacial score (nSPS) is 9.95. The van der Waals surface area contributed by atoms with Gasteiger partial charge in [-0.3, -0.25) is 0 Å². The third-order valence-electron chi connectivity index (χ3n) is 2.82. The maximum absolute atomic E-state index is 9.15. The highest BCUT2D eigenvalue weighted by Gasteiger charge is 2.07. The quantitative estimate of drug-likeness (QED) is 0.881. The molecule has 1 aromatic carbocycles. The highest BCUT2D eigenvalue weighted by atomic mass is 16.5. The van der Waals surface area contributed by atoms with E-state index in [2.05, 4.69) is 4.98 Å². The summed E-state index contributed by atoms with van der Waals surface area (Å²) < 4.78 is 11.2. The smallest absolute Gasteiger partial charge is 0.161 e. The highest BCUT2D eigenvalue weighted by Crippen LogP contribution is 2.29. The molecule has 0 fully saturated rings. The van der Waals surface area contributed by atoms with Crippen molar-refractivity contribution in [3.05, 3.63) is 53.3 Å². The van der Waals surface area contributed by atoms with E-state index in [9.17, 15) is 0 Å². The van der Waals surface area contributed by atoms with Crippen LogP contribution in [0.15, 0.2) is 36.5 Å². The summed E-state index contributed by atoms with van der Waals surface area (Å²) in [6.07, 6.45) is 1.58. The molecule has 0 unspecified atom stereocenters. The second-order valence-corrected chi connectivity index (χ2v) is 4.32. The SMILES string of the molecule is CCOc1cc(CO)ccc1OCc1ccnc(C#N)c1. The number of rotatable bonds is 6. The fourth-order valence-electron chi connectivity index (χ4n) is 1.82. The number of pyridine rings is 1. The van der Waals surface area contributed by atoms with Crippen molar-refractivity contribution in [2.75, 3.05) is 6.61 Å². The van der Waals surface area contributed by atoms with E-state index in [-0.39, 0.29) is 6.61 Å². The van der Waals surface area contributed by atoms with Crippen molar-refractivity contribution in [3.8, 4) is 17.6 Å². The second-order valence-electron chi connectivity index (χ2n) is 4.32. The van der Waals surface area contributed by atoms with Crippen LogP contribution in [-0.4, -0.2) is 16.7 Å². The molecular weight excluding hydrogens is 268 g/mol. The first kappa shape index (κ1) is 14.8. The Kier molecular flexibility index (Phi) is 5.13. The summed E-state index contributed by atoms with van der Waals surface area (Å²) in [5, 5.41) is 18.0. The van der Waals surface area contributed by atoms with Crippen LogP contribution in [0.25, 0.3) is 0 Å². The van der Waals surface area contributed by atoms with Crippen LogP contribution in [0.4, 0.5) is 0 Å². The molecule has 2 aromatic rings. The van der Waals surface area contributed by atoms with Crippen LogP contribution in [0.3, 0.4) is 0 Å². The molecule has 1 aromatic heterocycles. The third-order valence-corrected chi connectivity index (χ3v) is 2.82. The van der Waals surface area contributed by atoms with Gasteiger partial charge in [-0.2, -0.15) is 5.26 Å². The molecule has 0 aliphatic rings. The van der Waals surface area contributed by atoms with Crippen LogP contribution < -0.4 is 9.47 Å². The molecular formula is C16H16N2O3. The van der Waals surface area contributed by atoms with Gasteiger partial charge in [0, 0.05) is 6.20 Å². The van der Waals surface area contributed by atoms with Gasteiger partial charge in [-0.05, 0) is 42.3 Å². The summed E-state index contributed by atoms with van der Waals surface area (Å²) in [5.74, 6) is 1.20. The van der Waals surface area contributed by atoms with E-state index >= 15 is 0 Å². The van der Waals surface area contributed by atoms with Crippen molar-refractivity contribution < 1.29 is 14.6 Å². The molecule has 0 atom stereocenters. The molecule has 5 heteroatoms. The summed E-state index contributed by atoms with van der Waals surface area (Å²) in [7, 11) is 0. The zero-order valence-corrected chi connectivity index (χ0v) is 11.7. The lowest BCUT2D eigenvalue weighted by molar-refractivity contribution is 0.263. The van der Waals surface area contributed by atoms with E-state index in [0.717, 1.165) is 11.1 Å². The summed E-state index contributed by atoms with van der Waals surface area (Å²) in [6.45, 7) is 2.67. The Hall–Kier alpha value is -2.58. The summed E-state index contributed by atoms with van der Waals surface area (Å²) in [5.41, 5.74) is 1.98. The van der Waals surface area contributed by atoms with Gasteiger partial charge in [-0.15, -0.1) is 0 Å². The van der Waals surface area contributed by atoms with E-state index < -0.39 is 0 Å². The number of ether oxygens (including phenoxy) is 2. The molecule has 1 N–H and O–H groups in total. The van der Waals surface area contributed by atoms with Gasteiger partial charge in [0.2, 0.25) is 0 Å². The Labute approximate surface area is 123 Å². The van der Waals surface area contributed by atoms with Crippen LogP contribution in [0.1, 0.15) is 23.7 Å². The first-order valence-electron chi connectivity index (χ1n) is 6.61. The van der Waals surface area contributed by atoms with Gasteiger partial charge in [-0.1, -0.05) is 6.07 Å². The number of aromatic nitrogens is 1. The Morgan fingerprint density at radius 1 is 1.14 bits per heavy atom. The molecule has 5 nitrogen and oxygen atoms in total. The molecule has 0 spiro atoms. The van der Waals surface area contributed by atoms with Gasteiger partial charge < -0.3 is 14.6 Å². The second kappa shape index (κ2) is 7.27. The standard InChI is InChI=1S/C16H16N2O3/c1-2-20-16-8-12(10-19)3-4-15(16)21-11-13-5-6-18-14(7-13)9-17/h3-8,19H,2,10-11H2,1H3. The molecule has 2 rings (SSSR count). The van der Waals surface area contributed by atoms with Crippen molar-refractivity contribution in [1.82, 2.24) is 4.98 Å². The molecule has 0 aliphatic carbocycles. The molecule has 0 saturated carbocycles. The minimum atomic E-state index is -0.0454. The predicted octanol–water partition coefficient (Wildman–Crippen LogP) is 2.42. The lowest BCUT2D eigenvalue weighted by Crippen LogP contribution is -2.01. The van der Waals surface area contributed by atoms with Gasteiger partial charge in [-0.25, -0.2) is 4.98 Å². The molecule has 0 amide bonds. The molecule has 0 radical (unpaired) electrons. The third kappa shape index (κ3) is 3.94.